The largest absolute Gasteiger partial charge is 0.449 e. The van der Waals surface area contributed by atoms with Crippen molar-refractivity contribution in [3.63, 3.8) is 0 Å². The van der Waals surface area contributed by atoms with Gasteiger partial charge in [-0.3, -0.25) is 67.1 Å². The van der Waals surface area contributed by atoms with E-state index in [1.807, 2.05) is 0 Å². The van der Waals surface area contributed by atoms with Gasteiger partial charge in [0.2, 0.25) is 34.5 Å². The fourth-order valence-corrected chi connectivity index (χ4v) is 7.94. The molecule has 0 saturated carbocycles. The number of benzene rings is 6. The van der Waals surface area contributed by atoms with E-state index in [4.69, 9.17) is 90.0 Å². The molecule has 0 atom stereocenters. The predicted octanol–water partition coefficient (Wildman–Crippen LogP) is 9.60. The molecule has 33 nitrogen and oxygen atoms in total. The highest BCUT2D eigenvalue weighted by molar-refractivity contribution is 5.83. The zero-order valence-corrected chi connectivity index (χ0v) is 53.4. The molecule has 0 saturated heterocycles. The van der Waals surface area contributed by atoms with Gasteiger partial charge >= 0.3 is 83.6 Å². The number of hydrogen-bond acceptors (Lipinski definition) is 33. The first-order valence-electron chi connectivity index (χ1n) is 27.5. The molecule has 508 valence electrons. The summed E-state index contributed by atoms with van der Waals surface area (Å²) in [5.41, 5.74) is 0. The number of esters is 14. The van der Waals surface area contributed by atoms with Crippen LogP contribution in [-0.2, 0) is 67.1 Å². The first-order chi connectivity index (χ1) is 45.5. The third-order valence-corrected chi connectivity index (χ3v) is 10.6. The van der Waals surface area contributed by atoms with Crippen LogP contribution in [0.3, 0.4) is 0 Å². The van der Waals surface area contributed by atoms with Crippen LogP contribution in [-0.4, -0.2) is 83.6 Å². The van der Waals surface area contributed by atoms with Crippen molar-refractivity contribution < 1.29 is 157 Å². The standard InChI is InChI=1S/C64H54O33/c1-27(65)79-41-15-49(82-30(4)68)60(50(16-41)83-31(5)69)94-43-19-53(86-34(8)72)62(54(20-43)87-35(9)73)96-45-23-57(90-38(12)76)64(58(24-45)91-39(13)77)97-46-25-55(88-36(10)74)63(56(26-46)89-37(11)75)95-44-21-51(84-32(6)70)61(52(22-44)85-33(7)71)93-42-17-47(80-28(2)66)59(92-40(14)78)48(18-42)81-29(3)67/h15-26H,1-14H3. The van der Waals surface area contributed by atoms with Crippen LogP contribution in [0.15, 0.2) is 72.8 Å². The summed E-state index contributed by atoms with van der Waals surface area (Å²) in [6.07, 6.45) is 0. The summed E-state index contributed by atoms with van der Waals surface area (Å²) in [5.74, 6) is -27.0. The van der Waals surface area contributed by atoms with Crippen LogP contribution < -0.4 is 90.0 Å². The average Bonchev–Trinajstić information content (AvgIpc) is 0.793. The minimum atomic E-state index is -1.06. The van der Waals surface area contributed by atoms with Gasteiger partial charge in [-0.2, -0.15) is 0 Å². The van der Waals surface area contributed by atoms with Crippen molar-refractivity contribution in [2.24, 2.45) is 0 Å². The highest BCUT2D eigenvalue weighted by Crippen LogP contribution is 2.54. The van der Waals surface area contributed by atoms with Gasteiger partial charge in [-0.15, -0.1) is 0 Å². The Balaban J connectivity index is 1.53. The van der Waals surface area contributed by atoms with Crippen LogP contribution in [0.25, 0.3) is 0 Å². The van der Waals surface area contributed by atoms with Crippen LogP contribution >= 0.6 is 0 Å². The Bertz CT molecular complexity index is 4040. The zero-order valence-electron chi connectivity index (χ0n) is 53.4. The van der Waals surface area contributed by atoms with E-state index in [2.05, 4.69) is 0 Å². The summed E-state index contributed by atoms with van der Waals surface area (Å²) in [6.45, 7) is 13.7. The van der Waals surface area contributed by atoms with Gasteiger partial charge < -0.3 is 90.0 Å². The number of carbonyl (C=O) groups excluding carboxylic acids is 14. The maximum atomic E-state index is 12.9. The quantitative estimate of drug-likeness (QED) is 0.0402. The summed E-state index contributed by atoms with van der Waals surface area (Å²) in [6, 6.07) is 11.7. The van der Waals surface area contributed by atoms with Crippen molar-refractivity contribution in [1.82, 2.24) is 0 Å². The van der Waals surface area contributed by atoms with E-state index in [1.54, 1.807) is 0 Å². The number of hydrogen-bond donors (Lipinski definition) is 0. The van der Waals surface area contributed by atoms with Gasteiger partial charge in [0.1, 0.15) is 34.5 Å². The van der Waals surface area contributed by atoms with Crippen molar-refractivity contribution in [3.8, 4) is 138 Å². The molecular formula is C64H54O33. The van der Waals surface area contributed by atoms with Gasteiger partial charge in [0.05, 0.1) is 0 Å². The van der Waals surface area contributed by atoms with Gasteiger partial charge in [-0.25, -0.2) is 0 Å². The molecule has 0 radical (unpaired) electrons. The third-order valence-electron chi connectivity index (χ3n) is 10.6. The van der Waals surface area contributed by atoms with Crippen LogP contribution in [0, 0.1) is 0 Å². The molecule has 6 rings (SSSR count). The second kappa shape index (κ2) is 32.0. The molecule has 0 fully saturated rings. The molecule has 0 aromatic heterocycles. The molecule has 6 aromatic carbocycles. The Morgan fingerprint density at radius 3 is 0.392 bits per heavy atom. The molecule has 97 heavy (non-hydrogen) atoms. The molecule has 0 aliphatic rings. The maximum absolute atomic E-state index is 12.9. The van der Waals surface area contributed by atoms with Gasteiger partial charge in [-0.1, -0.05) is 0 Å². The summed E-state index contributed by atoms with van der Waals surface area (Å²) in [7, 11) is 0. The van der Waals surface area contributed by atoms with Crippen molar-refractivity contribution >= 4 is 83.6 Å². The van der Waals surface area contributed by atoms with E-state index in [0.717, 1.165) is 170 Å². The van der Waals surface area contributed by atoms with E-state index >= 15 is 0 Å². The minimum Gasteiger partial charge on any atom is -0.449 e. The van der Waals surface area contributed by atoms with Crippen LogP contribution in [0.2, 0.25) is 0 Å². The highest BCUT2D eigenvalue weighted by Gasteiger charge is 2.31. The van der Waals surface area contributed by atoms with E-state index in [9.17, 15) is 67.1 Å². The minimum absolute atomic E-state index is 0.271. The summed E-state index contributed by atoms with van der Waals surface area (Å²) < 4.78 is 106. The summed E-state index contributed by atoms with van der Waals surface area (Å²) >= 11 is 0. The van der Waals surface area contributed by atoms with Gasteiger partial charge in [0, 0.05) is 170 Å². The molecule has 6 aromatic rings. The van der Waals surface area contributed by atoms with Crippen LogP contribution in [0.4, 0.5) is 0 Å². The van der Waals surface area contributed by atoms with Crippen molar-refractivity contribution in [2.75, 3.05) is 0 Å². The molecular weight excluding hydrogens is 1300 g/mol. The first kappa shape index (κ1) is 73.0. The van der Waals surface area contributed by atoms with Gasteiger partial charge in [-0.05, 0) is 0 Å². The Kier molecular flexibility index (Phi) is 24.0. The molecule has 0 amide bonds. The topological polar surface area (TPSA) is 414 Å². The maximum Gasteiger partial charge on any atom is 0.308 e. The Hall–Kier alpha value is -13.1. The average molecular weight is 1350 g/mol. The van der Waals surface area contributed by atoms with E-state index in [1.165, 1.54) is 0 Å². The molecule has 0 aliphatic carbocycles. The predicted molar refractivity (Wildman–Crippen MR) is 317 cm³/mol. The monoisotopic (exact) mass is 1350 g/mol. The second-order valence-corrected chi connectivity index (χ2v) is 19.3. The van der Waals surface area contributed by atoms with Crippen molar-refractivity contribution in [1.29, 1.82) is 0 Å². The fraction of sp³-hybridized carbons (Fsp3) is 0.219. The van der Waals surface area contributed by atoms with E-state index in [0.29, 0.717) is 0 Å². The number of ether oxygens (including phenoxy) is 19. The second-order valence-electron chi connectivity index (χ2n) is 19.3. The smallest absolute Gasteiger partial charge is 0.308 e. The molecule has 0 heterocycles. The van der Waals surface area contributed by atoms with Gasteiger partial charge in [0.15, 0.2) is 69.0 Å². The van der Waals surface area contributed by atoms with Gasteiger partial charge in [0.25, 0.3) is 0 Å². The van der Waals surface area contributed by atoms with Crippen molar-refractivity contribution in [2.45, 2.75) is 96.9 Å². The molecule has 0 bridgehead atoms. The molecule has 33 heteroatoms. The lowest BCUT2D eigenvalue weighted by Crippen LogP contribution is -2.11. The SMILES string of the molecule is CC(=O)Oc1cc(OC(C)=O)c(Oc2cc(OC(C)=O)c(Oc3cc(OC(C)=O)c(Oc4cc(OC(C)=O)c(Oc5cc(OC(C)=O)c(Oc6cc(OC(C)=O)c(OC(C)=O)c(OC(C)=O)c6)c(OC(C)=O)c5)c(OC(C)=O)c4)c(OC(C)=O)c3)c(OC(C)=O)c2)c(OC(C)=O)c1. The Labute approximate surface area is 546 Å². The highest BCUT2D eigenvalue weighted by atomic mass is 16.6. The molecule has 0 unspecified atom stereocenters. The summed E-state index contributed by atoms with van der Waals surface area (Å²) in [4.78, 5) is 176. The fourth-order valence-electron chi connectivity index (χ4n) is 7.94. The molecule has 0 N–H and O–H groups in total. The lowest BCUT2D eigenvalue weighted by Gasteiger charge is -2.21. The van der Waals surface area contributed by atoms with Crippen molar-refractivity contribution in [3.05, 3.63) is 72.8 Å². The lowest BCUT2D eigenvalue weighted by atomic mass is 10.2. The number of carbonyl (C=O) groups is 14. The Morgan fingerprint density at radius 1 is 0.155 bits per heavy atom. The van der Waals surface area contributed by atoms with Crippen LogP contribution in [0.5, 0.6) is 138 Å². The summed E-state index contributed by atoms with van der Waals surface area (Å²) in [5, 5.41) is 0. The zero-order chi connectivity index (χ0) is 71.9. The first-order valence-corrected chi connectivity index (χ1v) is 27.5. The Morgan fingerprint density at radius 2 is 0.268 bits per heavy atom. The normalized spacial score (nSPS) is 10.3. The lowest BCUT2D eigenvalue weighted by molar-refractivity contribution is -0.135. The van der Waals surface area contributed by atoms with E-state index < -0.39 is 216 Å². The number of rotatable bonds is 24. The third kappa shape index (κ3) is 21.5. The van der Waals surface area contributed by atoms with Crippen LogP contribution in [0.1, 0.15) is 96.9 Å². The molecule has 0 spiro atoms. The molecule has 0 aliphatic heterocycles. The van der Waals surface area contributed by atoms with E-state index in [-0.39, 0.29) is 5.75 Å².